The summed E-state index contributed by atoms with van der Waals surface area (Å²) in [5.41, 5.74) is 3.23. The van der Waals surface area contributed by atoms with Crippen LogP contribution in [0.4, 0.5) is 0 Å². The number of hydrogen-bond donors (Lipinski definition) is 1. The SMILES string of the molecule is CN[C@@H]1CC2C[C@@H]1c1ccccc12. The molecule has 2 aliphatic rings. The highest BCUT2D eigenvalue weighted by atomic mass is 14.9. The Balaban J connectivity index is 2.07. The molecular weight excluding hydrogens is 158 g/mol. The highest BCUT2D eigenvalue weighted by molar-refractivity contribution is 5.42. The van der Waals surface area contributed by atoms with Gasteiger partial charge in [-0.3, -0.25) is 0 Å². The van der Waals surface area contributed by atoms with E-state index in [2.05, 4.69) is 36.6 Å². The number of hydrogen-bond acceptors (Lipinski definition) is 1. The van der Waals surface area contributed by atoms with Crippen LogP contribution >= 0.6 is 0 Å². The van der Waals surface area contributed by atoms with Gasteiger partial charge in [0, 0.05) is 12.0 Å². The Morgan fingerprint density at radius 1 is 1.15 bits per heavy atom. The quantitative estimate of drug-likeness (QED) is 0.687. The van der Waals surface area contributed by atoms with E-state index in [0.29, 0.717) is 0 Å². The molecule has 0 saturated heterocycles. The fourth-order valence-corrected chi connectivity index (χ4v) is 3.17. The first-order valence-corrected chi connectivity index (χ1v) is 5.16. The molecule has 0 heterocycles. The van der Waals surface area contributed by atoms with E-state index >= 15 is 0 Å². The van der Waals surface area contributed by atoms with Gasteiger partial charge in [0.1, 0.15) is 0 Å². The van der Waals surface area contributed by atoms with Gasteiger partial charge in [0.15, 0.2) is 0 Å². The van der Waals surface area contributed by atoms with Gasteiger partial charge in [-0.05, 0) is 36.9 Å². The van der Waals surface area contributed by atoms with Gasteiger partial charge in [-0.25, -0.2) is 0 Å². The molecule has 3 atom stereocenters. The molecule has 1 aromatic carbocycles. The molecule has 0 aromatic heterocycles. The summed E-state index contributed by atoms with van der Waals surface area (Å²) >= 11 is 0. The summed E-state index contributed by atoms with van der Waals surface area (Å²) in [5.74, 6) is 1.64. The summed E-state index contributed by atoms with van der Waals surface area (Å²) in [5, 5.41) is 3.44. The normalized spacial score (nSPS) is 35.0. The number of fused-ring (bicyclic) bond motifs is 5. The van der Waals surface area contributed by atoms with Crippen molar-refractivity contribution in [3.63, 3.8) is 0 Å². The number of benzene rings is 1. The topological polar surface area (TPSA) is 12.0 Å². The maximum atomic E-state index is 3.44. The summed E-state index contributed by atoms with van der Waals surface area (Å²) in [4.78, 5) is 0. The van der Waals surface area contributed by atoms with E-state index in [4.69, 9.17) is 0 Å². The van der Waals surface area contributed by atoms with Crippen LogP contribution in [-0.4, -0.2) is 13.1 Å². The van der Waals surface area contributed by atoms with Crippen molar-refractivity contribution in [3.05, 3.63) is 35.4 Å². The van der Waals surface area contributed by atoms with E-state index in [1.165, 1.54) is 12.8 Å². The second kappa shape index (κ2) is 2.58. The highest BCUT2D eigenvalue weighted by Gasteiger charge is 2.42. The van der Waals surface area contributed by atoms with Crippen LogP contribution in [0.5, 0.6) is 0 Å². The molecule has 1 N–H and O–H groups in total. The summed E-state index contributed by atoms with van der Waals surface area (Å²) in [7, 11) is 2.09. The fourth-order valence-electron chi connectivity index (χ4n) is 3.17. The largest absolute Gasteiger partial charge is 0.316 e. The van der Waals surface area contributed by atoms with Crippen LogP contribution in [0.2, 0.25) is 0 Å². The highest BCUT2D eigenvalue weighted by Crippen LogP contribution is 2.52. The molecule has 0 aliphatic heterocycles. The van der Waals surface area contributed by atoms with Gasteiger partial charge in [-0.1, -0.05) is 24.3 Å². The van der Waals surface area contributed by atoms with Crippen molar-refractivity contribution < 1.29 is 0 Å². The van der Waals surface area contributed by atoms with Crippen LogP contribution in [-0.2, 0) is 0 Å². The summed E-state index contributed by atoms with van der Waals surface area (Å²) in [6.45, 7) is 0. The van der Waals surface area contributed by atoms with E-state index in [-0.39, 0.29) is 0 Å². The van der Waals surface area contributed by atoms with Crippen molar-refractivity contribution in [1.82, 2.24) is 5.32 Å². The Bertz CT molecular complexity index is 330. The van der Waals surface area contributed by atoms with Gasteiger partial charge in [-0.15, -0.1) is 0 Å². The summed E-state index contributed by atoms with van der Waals surface area (Å²) in [6, 6.07) is 9.70. The smallest absolute Gasteiger partial charge is 0.0139 e. The maximum absolute atomic E-state index is 3.44. The third-order valence-corrected chi connectivity index (χ3v) is 3.77. The lowest BCUT2D eigenvalue weighted by Crippen LogP contribution is -2.29. The van der Waals surface area contributed by atoms with E-state index in [1.54, 1.807) is 11.1 Å². The second-order valence-electron chi connectivity index (χ2n) is 4.30. The Hall–Kier alpha value is -0.820. The zero-order valence-electron chi connectivity index (χ0n) is 7.96. The van der Waals surface area contributed by atoms with Crippen LogP contribution in [0.15, 0.2) is 24.3 Å². The van der Waals surface area contributed by atoms with Crippen LogP contribution in [0.3, 0.4) is 0 Å². The lowest BCUT2D eigenvalue weighted by Gasteiger charge is -2.23. The molecule has 0 spiro atoms. The third kappa shape index (κ3) is 0.910. The summed E-state index contributed by atoms with van der Waals surface area (Å²) < 4.78 is 0. The first-order chi connectivity index (χ1) is 6.40. The third-order valence-electron chi connectivity index (χ3n) is 3.77. The van der Waals surface area contributed by atoms with Gasteiger partial charge in [0.05, 0.1) is 0 Å². The molecule has 2 aliphatic carbocycles. The average Bonchev–Trinajstić information content (AvgIpc) is 2.75. The molecule has 68 valence electrons. The Morgan fingerprint density at radius 3 is 2.69 bits per heavy atom. The average molecular weight is 173 g/mol. The monoisotopic (exact) mass is 173 g/mol. The van der Waals surface area contributed by atoms with Gasteiger partial charge < -0.3 is 5.32 Å². The van der Waals surface area contributed by atoms with Gasteiger partial charge in [-0.2, -0.15) is 0 Å². The fraction of sp³-hybridized carbons (Fsp3) is 0.500. The standard InChI is InChI=1S/C12H15N/c1-13-12-7-8-6-11(12)10-5-3-2-4-9(8)10/h2-5,8,11-13H,6-7H2,1H3/t8?,11-,12-/m1/s1. The second-order valence-corrected chi connectivity index (χ2v) is 4.30. The summed E-state index contributed by atoms with van der Waals surface area (Å²) in [6.07, 6.45) is 2.73. The molecule has 1 heteroatoms. The predicted octanol–water partition coefficient (Wildman–Crippen LogP) is 2.25. The van der Waals surface area contributed by atoms with Gasteiger partial charge >= 0.3 is 0 Å². The zero-order valence-corrected chi connectivity index (χ0v) is 7.96. The Morgan fingerprint density at radius 2 is 1.92 bits per heavy atom. The minimum Gasteiger partial charge on any atom is -0.316 e. The molecule has 0 radical (unpaired) electrons. The van der Waals surface area contributed by atoms with E-state index in [1.807, 2.05) is 0 Å². The van der Waals surface area contributed by atoms with Crippen LogP contribution in [0.1, 0.15) is 35.8 Å². The van der Waals surface area contributed by atoms with Crippen molar-refractivity contribution in [1.29, 1.82) is 0 Å². The molecule has 13 heavy (non-hydrogen) atoms. The molecule has 0 amide bonds. The number of likely N-dealkylation sites (N-methyl/N-ethyl adjacent to an activating group) is 1. The van der Waals surface area contributed by atoms with E-state index in [9.17, 15) is 0 Å². The number of nitrogens with one attached hydrogen (secondary N) is 1. The lowest BCUT2D eigenvalue weighted by atomic mass is 9.88. The molecular formula is C12H15N. The zero-order chi connectivity index (χ0) is 8.84. The Kier molecular flexibility index (Phi) is 1.50. The van der Waals surface area contributed by atoms with Gasteiger partial charge in [0.25, 0.3) is 0 Å². The van der Waals surface area contributed by atoms with Crippen molar-refractivity contribution in [2.45, 2.75) is 30.7 Å². The molecule has 1 saturated carbocycles. The Labute approximate surface area is 79.2 Å². The van der Waals surface area contributed by atoms with Crippen molar-refractivity contribution in [2.24, 2.45) is 0 Å². The van der Waals surface area contributed by atoms with Gasteiger partial charge in [0.2, 0.25) is 0 Å². The lowest BCUT2D eigenvalue weighted by molar-refractivity contribution is 0.506. The molecule has 3 rings (SSSR count). The first-order valence-electron chi connectivity index (χ1n) is 5.16. The van der Waals surface area contributed by atoms with Crippen LogP contribution < -0.4 is 5.32 Å². The maximum Gasteiger partial charge on any atom is 0.0139 e. The van der Waals surface area contributed by atoms with Crippen LogP contribution in [0.25, 0.3) is 0 Å². The van der Waals surface area contributed by atoms with E-state index in [0.717, 1.165) is 17.9 Å². The molecule has 1 aromatic rings. The molecule has 1 nitrogen and oxygen atoms in total. The first kappa shape index (κ1) is 7.57. The minimum atomic E-state index is 0.736. The minimum absolute atomic E-state index is 0.736. The predicted molar refractivity (Wildman–Crippen MR) is 54.0 cm³/mol. The number of rotatable bonds is 1. The van der Waals surface area contributed by atoms with E-state index < -0.39 is 0 Å². The van der Waals surface area contributed by atoms with Crippen molar-refractivity contribution in [3.8, 4) is 0 Å². The molecule has 1 fully saturated rings. The molecule has 1 unspecified atom stereocenters. The molecule has 2 bridgehead atoms. The van der Waals surface area contributed by atoms with Crippen molar-refractivity contribution >= 4 is 0 Å². The van der Waals surface area contributed by atoms with Crippen LogP contribution in [0, 0.1) is 0 Å². The van der Waals surface area contributed by atoms with Crippen molar-refractivity contribution in [2.75, 3.05) is 7.05 Å².